The van der Waals surface area contributed by atoms with Crippen molar-refractivity contribution in [2.45, 2.75) is 29.9 Å². The van der Waals surface area contributed by atoms with Crippen LogP contribution in [0, 0.1) is 6.92 Å². The highest BCUT2D eigenvalue weighted by Gasteiger charge is 2.29. The first-order valence-electron chi connectivity index (χ1n) is 7.85. The van der Waals surface area contributed by atoms with Crippen LogP contribution in [0.1, 0.15) is 28.8 Å². The Morgan fingerprint density at radius 3 is 2.67 bits per heavy atom. The number of hydrogen-bond donors (Lipinski definition) is 2. The van der Waals surface area contributed by atoms with E-state index < -0.39 is 15.1 Å². The molecular formula is C17H20N2O4S. The first kappa shape index (κ1) is 16.7. The minimum Gasteiger partial charge on any atom is -0.381 e. The lowest BCUT2D eigenvalue weighted by atomic mass is 10.2. The van der Waals surface area contributed by atoms with Gasteiger partial charge >= 0.3 is 0 Å². The van der Waals surface area contributed by atoms with Crippen LogP contribution >= 0.6 is 0 Å². The van der Waals surface area contributed by atoms with Crippen molar-refractivity contribution >= 4 is 21.4 Å². The van der Waals surface area contributed by atoms with Crippen molar-refractivity contribution in [3.63, 3.8) is 0 Å². The highest BCUT2D eigenvalue weighted by atomic mass is 32.2. The van der Waals surface area contributed by atoms with Crippen molar-refractivity contribution in [2.75, 3.05) is 18.5 Å². The zero-order valence-corrected chi connectivity index (χ0v) is 14.2. The van der Waals surface area contributed by atoms with Gasteiger partial charge in [-0.05, 0) is 43.5 Å². The number of carbonyl (C=O) groups is 1. The molecule has 1 aliphatic heterocycles. The quantitative estimate of drug-likeness (QED) is 0.889. The Kier molecular flexibility index (Phi) is 4.73. The maximum Gasteiger partial charge on any atom is 0.257 e. The van der Waals surface area contributed by atoms with E-state index in [2.05, 4.69) is 10.3 Å². The summed E-state index contributed by atoms with van der Waals surface area (Å²) in [5.41, 5.74) is 1.83. The number of rotatable bonds is 4. The smallest absolute Gasteiger partial charge is 0.257 e. The molecule has 0 bridgehead atoms. The molecule has 7 heteroatoms. The van der Waals surface area contributed by atoms with Gasteiger partial charge in [0, 0.05) is 31.3 Å². The van der Waals surface area contributed by atoms with Crippen molar-refractivity contribution in [1.29, 1.82) is 0 Å². The van der Waals surface area contributed by atoms with Gasteiger partial charge in [-0.25, -0.2) is 8.42 Å². The first-order chi connectivity index (χ1) is 11.5. The zero-order chi connectivity index (χ0) is 17.2. The molecule has 0 saturated carbocycles. The predicted octanol–water partition coefficient (Wildman–Crippen LogP) is 2.53. The van der Waals surface area contributed by atoms with Crippen LogP contribution in [-0.4, -0.2) is 37.8 Å². The molecule has 3 rings (SSSR count). The van der Waals surface area contributed by atoms with E-state index in [0.717, 1.165) is 5.56 Å². The van der Waals surface area contributed by atoms with Gasteiger partial charge in [0.2, 0.25) is 0 Å². The second-order valence-corrected chi connectivity index (χ2v) is 8.12. The number of aromatic amines is 1. The summed E-state index contributed by atoms with van der Waals surface area (Å²) in [4.78, 5) is 15.4. The number of aryl methyl sites for hydroxylation is 1. The van der Waals surface area contributed by atoms with E-state index in [0.29, 0.717) is 37.3 Å². The minimum absolute atomic E-state index is 0.234. The van der Waals surface area contributed by atoms with E-state index in [1.807, 2.05) is 6.92 Å². The Labute approximate surface area is 141 Å². The van der Waals surface area contributed by atoms with Crippen molar-refractivity contribution < 1.29 is 17.9 Å². The molecule has 6 nitrogen and oxygen atoms in total. The molecule has 0 unspecified atom stereocenters. The summed E-state index contributed by atoms with van der Waals surface area (Å²) in [7, 11) is -3.42. The van der Waals surface area contributed by atoms with Gasteiger partial charge in [0.25, 0.3) is 5.91 Å². The number of amides is 1. The number of anilines is 1. The number of carbonyl (C=O) groups excluding carboxylic acids is 1. The summed E-state index contributed by atoms with van der Waals surface area (Å²) >= 11 is 0. The van der Waals surface area contributed by atoms with Gasteiger partial charge in [-0.15, -0.1) is 0 Å². The monoisotopic (exact) mass is 348 g/mol. The summed E-state index contributed by atoms with van der Waals surface area (Å²) in [6.45, 7) is 2.76. The fourth-order valence-electron chi connectivity index (χ4n) is 2.81. The summed E-state index contributed by atoms with van der Waals surface area (Å²) in [5.74, 6) is -0.269. The Morgan fingerprint density at radius 1 is 1.25 bits per heavy atom. The molecule has 0 spiro atoms. The molecule has 1 fully saturated rings. The van der Waals surface area contributed by atoms with E-state index >= 15 is 0 Å². The molecule has 1 aliphatic rings. The van der Waals surface area contributed by atoms with Crippen molar-refractivity contribution in [3.8, 4) is 0 Å². The SMILES string of the molecule is Cc1c[nH]cc1C(=O)Nc1cccc(S(=O)(=O)C2CCOCC2)c1. The standard InChI is InChI=1S/C17H20N2O4S/c1-12-10-18-11-16(12)17(20)19-13-3-2-4-15(9-13)24(21,22)14-5-7-23-8-6-14/h2-4,9-11,14,18H,5-8H2,1H3,(H,19,20). The lowest BCUT2D eigenvalue weighted by molar-refractivity contribution is 0.0983. The Morgan fingerprint density at radius 2 is 2.00 bits per heavy atom. The van der Waals surface area contributed by atoms with E-state index in [4.69, 9.17) is 4.74 Å². The second kappa shape index (κ2) is 6.78. The van der Waals surface area contributed by atoms with Crippen LogP contribution in [0.5, 0.6) is 0 Å². The van der Waals surface area contributed by atoms with Crippen LogP contribution in [0.2, 0.25) is 0 Å². The molecule has 0 aliphatic carbocycles. The number of hydrogen-bond acceptors (Lipinski definition) is 4. The van der Waals surface area contributed by atoms with E-state index in [-0.39, 0.29) is 10.8 Å². The molecule has 2 aromatic rings. The maximum absolute atomic E-state index is 12.7. The van der Waals surface area contributed by atoms with E-state index in [9.17, 15) is 13.2 Å². The number of sulfone groups is 1. The topological polar surface area (TPSA) is 88.3 Å². The molecule has 1 saturated heterocycles. The highest BCUT2D eigenvalue weighted by molar-refractivity contribution is 7.92. The molecule has 2 heterocycles. The van der Waals surface area contributed by atoms with E-state index in [1.54, 1.807) is 30.6 Å². The van der Waals surface area contributed by atoms with Crippen LogP contribution in [0.25, 0.3) is 0 Å². The Bertz CT molecular complexity index is 836. The molecule has 2 N–H and O–H groups in total. The number of benzene rings is 1. The minimum atomic E-state index is -3.42. The van der Waals surface area contributed by atoms with Gasteiger partial charge in [0.15, 0.2) is 9.84 Å². The zero-order valence-electron chi connectivity index (χ0n) is 13.4. The Hall–Kier alpha value is -2.12. The number of nitrogens with one attached hydrogen (secondary N) is 2. The van der Waals surface area contributed by atoms with Gasteiger partial charge in [-0.3, -0.25) is 4.79 Å². The maximum atomic E-state index is 12.7. The van der Waals surface area contributed by atoms with E-state index in [1.165, 1.54) is 6.07 Å². The first-order valence-corrected chi connectivity index (χ1v) is 9.39. The molecule has 24 heavy (non-hydrogen) atoms. The summed E-state index contributed by atoms with van der Waals surface area (Å²) in [6.07, 6.45) is 4.36. The third-order valence-electron chi connectivity index (χ3n) is 4.22. The molecular weight excluding hydrogens is 328 g/mol. The Balaban J connectivity index is 1.81. The molecule has 128 valence electrons. The fraction of sp³-hybridized carbons (Fsp3) is 0.353. The third-order valence-corrected chi connectivity index (χ3v) is 6.48. The summed E-state index contributed by atoms with van der Waals surface area (Å²) in [5, 5.41) is 2.33. The van der Waals surface area contributed by atoms with Crippen molar-refractivity contribution in [1.82, 2.24) is 4.98 Å². The largest absolute Gasteiger partial charge is 0.381 e. The van der Waals surface area contributed by atoms with Gasteiger partial charge in [0.05, 0.1) is 15.7 Å². The lowest BCUT2D eigenvalue weighted by Gasteiger charge is -2.22. The van der Waals surface area contributed by atoms with Crippen LogP contribution in [-0.2, 0) is 14.6 Å². The lowest BCUT2D eigenvalue weighted by Crippen LogP contribution is -2.29. The van der Waals surface area contributed by atoms with Crippen LogP contribution < -0.4 is 5.32 Å². The van der Waals surface area contributed by atoms with Gasteiger partial charge < -0.3 is 15.0 Å². The molecule has 0 atom stereocenters. The molecule has 1 aromatic heterocycles. The van der Waals surface area contributed by atoms with Crippen LogP contribution in [0.4, 0.5) is 5.69 Å². The predicted molar refractivity (Wildman–Crippen MR) is 91.0 cm³/mol. The third kappa shape index (κ3) is 3.37. The second-order valence-electron chi connectivity index (χ2n) is 5.89. The number of H-pyrrole nitrogens is 1. The molecule has 1 amide bonds. The van der Waals surface area contributed by atoms with Gasteiger partial charge in [-0.1, -0.05) is 6.07 Å². The van der Waals surface area contributed by atoms with Gasteiger partial charge in [0.1, 0.15) is 0 Å². The number of ether oxygens (including phenoxy) is 1. The summed E-state index contributed by atoms with van der Waals surface area (Å²) in [6, 6.07) is 6.42. The van der Waals surface area contributed by atoms with Crippen LogP contribution in [0.3, 0.4) is 0 Å². The summed E-state index contributed by atoms with van der Waals surface area (Å²) < 4.78 is 30.7. The van der Waals surface area contributed by atoms with Gasteiger partial charge in [-0.2, -0.15) is 0 Å². The molecule has 0 radical (unpaired) electrons. The number of aromatic nitrogens is 1. The fourth-order valence-corrected chi connectivity index (χ4v) is 4.57. The van der Waals surface area contributed by atoms with Crippen molar-refractivity contribution in [3.05, 3.63) is 47.8 Å². The van der Waals surface area contributed by atoms with Crippen LogP contribution in [0.15, 0.2) is 41.6 Å². The van der Waals surface area contributed by atoms with Crippen molar-refractivity contribution in [2.24, 2.45) is 0 Å². The normalized spacial score (nSPS) is 16.0. The molecule has 1 aromatic carbocycles. The highest BCUT2D eigenvalue weighted by Crippen LogP contribution is 2.25. The average molecular weight is 348 g/mol. The average Bonchev–Trinajstić information content (AvgIpc) is 3.02.